The van der Waals surface area contributed by atoms with E-state index in [0.717, 1.165) is 73.6 Å². The third kappa shape index (κ3) is 18.7. The second kappa shape index (κ2) is 38.6. The van der Waals surface area contributed by atoms with Crippen LogP contribution in [0.3, 0.4) is 0 Å². The molecule has 710 valence electrons. The SMILES string of the molecule is CC(C)(C)c1ccc(-c2nc(-c3ccc(N4c5ccccc5C(C)(C)c5ccccc54)cc3)nc(-c3ccc(C(C)(C)C)cc3)n2)cc1.CC1(C)c2ccccc2N(c2ccc(-c3nc(-c4ccc(C5CCCC5)cc4)nc(-c4ccc(C5CCCC5)cc4)n3)cc2)c2ccccc21.CCc1ccc(-c2nc(-c3ccc(C(C)C)cc3)nc(-c3ccc(N4c5ccccc5C(C)(C)c5ccccc54)cc3)n2)cc1. The molecule has 0 amide bonds. The van der Waals surface area contributed by atoms with Gasteiger partial charge in [0.15, 0.2) is 52.4 Å². The van der Waals surface area contributed by atoms with E-state index in [1.54, 1.807) is 0 Å². The quantitative estimate of drug-likeness (QED) is 0.0914. The number of hydrogen-bond donors (Lipinski definition) is 0. The van der Waals surface area contributed by atoms with Crippen molar-refractivity contribution in [2.24, 2.45) is 0 Å². The van der Waals surface area contributed by atoms with Crippen molar-refractivity contribution in [1.29, 1.82) is 0 Å². The highest BCUT2D eigenvalue weighted by Gasteiger charge is 2.41. The van der Waals surface area contributed by atoms with Crippen molar-refractivity contribution in [3.8, 4) is 102 Å². The lowest BCUT2D eigenvalue weighted by Gasteiger charge is -2.42. The lowest BCUT2D eigenvalue weighted by molar-refractivity contribution is 0.590. The summed E-state index contributed by atoms with van der Waals surface area (Å²) >= 11 is 0. The zero-order valence-electron chi connectivity index (χ0n) is 85.1. The van der Waals surface area contributed by atoms with Crippen LogP contribution in [-0.2, 0) is 33.5 Å². The van der Waals surface area contributed by atoms with Gasteiger partial charge in [0.25, 0.3) is 0 Å². The van der Waals surface area contributed by atoms with Gasteiger partial charge in [0.2, 0.25) is 0 Å². The van der Waals surface area contributed by atoms with E-state index < -0.39 is 0 Å². The Labute approximate surface area is 844 Å². The van der Waals surface area contributed by atoms with Crippen LogP contribution in [0.15, 0.2) is 364 Å². The van der Waals surface area contributed by atoms with Gasteiger partial charge in [-0.15, -0.1) is 0 Å². The summed E-state index contributed by atoms with van der Waals surface area (Å²) in [7, 11) is 0. The van der Waals surface area contributed by atoms with Gasteiger partial charge < -0.3 is 14.7 Å². The molecule has 5 aliphatic rings. The Balaban J connectivity index is 0.000000127. The van der Waals surface area contributed by atoms with Crippen LogP contribution in [0.5, 0.6) is 0 Å². The average molecular weight is 1870 g/mol. The van der Waals surface area contributed by atoms with Crippen LogP contribution in [-0.4, -0.2) is 44.9 Å². The second-order valence-electron chi connectivity index (χ2n) is 43.2. The van der Waals surface area contributed by atoms with Gasteiger partial charge in [0.05, 0.1) is 34.1 Å². The first kappa shape index (κ1) is 94.0. The van der Waals surface area contributed by atoms with Crippen LogP contribution in [0.4, 0.5) is 51.2 Å². The Hall–Kier alpha value is -15.3. The molecule has 0 atom stereocenters. The van der Waals surface area contributed by atoms with Crippen molar-refractivity contribution in [2.75, 3.05) is 14.7 Å². The van der Waals surface area contributed by atoms with Gasteiger partial charge in [0.1, 0.15) is 0 Å². The van der Waals surface area contributed by atoms with Crippen molar-refractivity contribution in [1.82, 2.24) is 44.9 Å². The number of anilines is 9. The third-order valence-corrected chi connectivity index (χ3v) is 30.4. The van der Waals surface area contributed by atoms with Crippen LogP contribution in [0.2, 0.25) is 0 Å². The zero-order valence-corrected chi connectivity index (χ0v) is 85.1. The van der Waals surface area contributed by atoms with E-state index in [2.05, 4.69) is 483 Å². The molecule has 23 rings (SSSR count). The Kier molecular flexibility index (Phi) is 25.4. The maximum atomic E-state index is 5.10. The molecule has 12 nitrogen and oxygen atoms in total. The molecule has 15 aromatic carbocycles. The molecule has 0 spiro atoms. The summed E-state index contributed by atoms with van der Waals surface area (Å²) in [5, 5.41) is 0. The molecular weight excluding hydrogens is 1740 g/mol. The van der Waals surface area contributed by atoms with Crippen LogP contribution in [0.1, 0.15) is 240 Å². The Morgan fingerprint density at radius 1 is 0.245 bits per heavy atom. The normalized spacial score (nSPS) is 14.9. The van der Waals surface area contributed by atoms with Crippen molar-refractivity contribution in [3.63, 3.8) is 0 Å². The lowest BCUT2D eigenvalue weighted by Crippen LogP contribution is -2.30. The third-order valence-electron chi connectivity index (χ3n) is 30.4. The van der Waals surface area contributed by atoms with Gasteiger partial charge in [-0.25, -0.2) is 44.9 Å². The maximum Gasteiger partial charge on any atom is 0.164 e. The Bertz CT molecular complexity index is 7350. The number of fused-ring (bicyclic) bond motifs is 6. The van der Waals surface area contributed by atoms with Gasteiger partial charge >= 0.3 is 0 Å². The fourth-order valence-electron chi connectivity index (χ4n) is 21.9. The fourth-order valence-corrected chi connectivity index (χ4v) is 21.9. The number of nitrogens with zero attached hydrogens (tertiary/aromatic N) is 12. The second-order valence-corrected chi connectivity index (χ2v) is 43.2. The molecule has 0 radical (unpaired) electrons. The van der Waals surface area contributed by atoms with Crippen molar-refractivity contribution >= 4 is 51.2 Å². The minimum absolute atomic E-state index is 0.0651. The summed E-state index contributed by atoms with van der Waals surface area (Å²) < 4.78 is 0. The maximum absolute atomic E-state index is 5.10. The monoisotopic (exact) mass is 1870 g/mol. The smallest absolute Gasteiger partial charge is 0.164 e. The number of hydrogen-bond acceptors (Lipinski definition) is 12. The van der Waals surface area contributed by atoms with E-state index >= 15 is 0 Å². The topological polar surface area (TPSA) is 126 Å². The van der Waals surface area contributed by atoms with Crippen LogP contribution < -0.4 is 14.7 Å². The van der Waals surface area contributed by atoms with E-state index in [0.29, 0.717) is 70.2 Å². The van der Waals surface area contributed by atoms with Crippen LogP contribution >= 0.6 is 0 Å². The van der Waals surface area contributed by atoms with Crippen LogP contribution in [0, 0.1) is 0 Å². The molecule has 3 aromatic heterocycles. The highest BCUT2D eigenvalue weighted by Crippen LogP contribution is 2.56. The van der Waals surface area contributed by atoms with E-state index in [9.17, 15) is 0 Å². The van der Waals surface area contributed by atoms with Crippen molar-refractivity contribution in [3.05, 3.63) is 431 Å². The van der Waals surface area contributed by atoms with E-state index in [-0.39, 0.29) is 27.1 Å². The average Bonchev–Trinajstić information content (AvgIpc) is 0.787. The van der Waals surface area contributed by atoms with Gasteiger partial charge in [0, 0.05) is 83.4 Å². The number of para-hydroxylation sites is 6. The summed E-state index contributed by atoms with van der Waals surface area (Å²) in [6.07, 6.45) is 11.5. The first-order valence-electron chi connectivity index (χ1n) is 51.4. The zero-order chi connectivity index (χ0) is 98.6. The van der Waals surface area contributed by atoms with Gasteiger partial charge in [-0.2, -0.15) is 0 Å². The molecular formula is C131H126N12. The number of aromatic nitrogens is 9. The summed E-state index contributed by atoms with van der Waals surface area (Å²) in [6, 6.07) is 131. The van der Waals surface area contributed by atoms with Crippen molar-refractivity contribution in [2.45, 2.75) is 206 Å². The molecule has 3 aliphatic heterocycles. The lowest BCUT2D eigenvalue weighted by atomic mass is 9.73. The highest BCUT2D eigenvalue weighted by molar-refractivity contribution is 5.90. The minimum Gasteiger partial charge on any atom is -0.310 e. The van der Waals surface area contributed by atoms with Gasteiger partial charge in [-0.1, -0.05) is 384 Å². The fraction of sp³-hybridized carbons (Fsp3) is 0.244. The van der Waals surface area contributed by atoms with E-state index in [1.165, 1.54) is 152 Å². The standard InChI is InChI=1S/C46H44N4.C44H44N4.C41H38N4/c1-46(2)39-15-7-9-17-41(39)50(42-18-10-8-16-40(42)46)38-29-27-37(28-30-38)45-48-43(35-23-19-33(20-24-35)31-11-3-4-12-31)47-44(49-45)36-25-21-34(22-26-36)32-13-5-6-14-32;1-42(2,3)32-23-17-29(18-24-32)39-45-40(30-19-25-33(26-20-30)43(4,5)6)47-41(46-39)31-21-27-34(28-22-31)48-37-15-11-9-13-35(37)44(7,8)36-14-10-12-16-38(36)48;1-6-28-15-17-30(18-16-28)38-42-39(31-21-19-29(20-22-31)27(2)3)44-40(43-38)32-23-25-33(26-24-32)45-36-13-9-7-11-34(36)41(4,5)35-12-8-10-14-37(35)45/h7-10,15-32H,3-6,11-14H2,1-2H3;9-28H,1-8H3;7-27H,6H2,1-5H3. The molecule has 0 N–H and O–H groups in total. The van der Waals surface area contributed by atoms with E-state index in [1.807, 2.05) is 0 Å². The number of aryl methyl sites for hydroxylation is 1. The first-order chi connectivity index (χ1) is 69.2. The van der Waals surface area contributed by atoms with Gasteiger partial charge in [-0.05, 0) is 237 Å². The molecule has 0 bridgehead atoms. The molecule has 12 heteroatoms. The first-order valence-corrected chi connectivity index (χ1v) is 51.4. The molecule has 0 unspecified atom stereocenters. The molecule has 18 aromatic rings. The molecule has 143 heavy (non-hydrogen) atoms. The van der Waals surface area contributed by atoms with Gasteiger partial charge in [-0.3, -0.25) is 0 Å². The van der Waals surface area contributed by atoms with Crippen molar-refractivity contribution < 1.29 is 0 Å². The Morgan fingerprint density at radius 3 is 0.636 bits per heavy atom. The summed E-state index contributed by atoms with van der Waals surface area (Å²) in [6.45, 7) is 33.9. The molecule has 2 fully saturated rings. The van der Waals surface area contributed by atoms with Crippen LogP contribution in [0.25, 0.3) is 102 Å². The molecule has 6 heterocycles. The largest absolute Gasteiger partial charge is 0.310 e. The summed E-state index contributed by atoms with van der Waals surface area (Å²) in [5.74, 6) is 7.94. The van der Waals surface area contributed by atoms with E-state index in [4.69, 9.17) is 44.9 Å². The predicted octanol–water partition coefficient (Wildman–Crippen LogP) is 34.5. The minimum atomic E-state index is -0.0997. The molecule has 2 saturated carbocycles. The summed E-state index contributed by atoms with van der Waals surface area (Å²) in [5.41, 5.74) is 35.2. The molecule has 2 aliphatic carbocycles. The number of rotatable bonds is 16. The molecule has 0 saturated heterocycles. The number of benzene rings is 15. The summed E-state index contributed by atoms with van der Waals surface area (Å²) in [4.78, 5) is 52.5. The predicted molar refractivity (Wildman–Crippen MR) is 592 cm³/mol. The highest BCUT2D eigenvalue weighted by atomic mass is 15.2. The Morgan fingerprint density at radius 2 is 0.434 bits per heavy atom.